The van der Waals surface area contributed by atoms with Crippen molar-refractivity contribution in [3.05, 3.63) is 65.5 Å². The Hall–Kier alpha value is -3.43. The molecule has 1 heterocycles. The Labute approximate surface area is 182 Å². The fraction of sp³-hybridized carbons (Fsp3) is 0.320. The minimum atomic E-state index is 0.201. The number of hydrogen-bond acceptors (Lipinski definition) is 6. The molecule has 158 valence electrons. The number of nitrogens with two attached hydrogens (primary N) is 1. The zero-order valence-electron chi connectivity index (χ0n) is 17.7. The van der Waals surface area contributed by atoms with Gasteiger partial charge in [0.15, 0.2) is 0 Å². The summed E-state index contributed by atoms with van der Waals surface area (Å²) >= 11 is 0. The van der Waals surface area contributed by atoms with Crippen molar-refractivity contribution in [2.45, 2.75) is 45.1 Å². The third-order valence-electron chi connectivity index (χ3n) is 5.40. The zero-order chi connectivity index (χ0) is 21.6. The second kappa shape index (κ2) is 9.59. The van der Waals surface area contributed by atoms with Crippen LogP contribution in [0.3, 0.4) is 0 Å². The molecule has 31 heavy (non-hydrogen) atoms. The van der Waals surface area contributed by atoms with Gasteiger partial charge in [0.05, 0.1) is 17.7 Å². The molecule has 1 fully saturated rings. The second-order valence-electron chi connectivity index (χ2n) is 7.78. The Bertz CT molecular complexity index is 1080. The van der Waals surface area contributed by atoms with Crippen molar-refractivity contribution in [1.82, 2.24) is 9.97 Å². The Kier molecular flexibility index (Phi) is 6.44. The first kappa shape index (κ1) is 20.8. The van der Waals surface area contributed by atoms with Gasteiger partial charge in [-0.3, -0.25) is 0 Å². The van der Waals surface area contributed by atoms with E-state index in [1.807, 2.05) is 25.1 Å². The van der Waals surface area contributed by atoms with Crippen molar-refractivity contribution in [1.29, 1.82) is 5.26 Å². The average molecular weight is 415 g/mol. The van der Waals surface area contributed by atoms with Crippen LogP contribution in [0.5, 0.6) is 17.5 Å². The molecule has 0 spiro atoms. The van der Waals surface area contributed by atoms with Crippen molar-refractivity contribution in [2.75, 3.05) is 6.54 Å². The topological polar surface area (TPSA) is 94.0 Å². The minimum Gasteiger partial charge on any atom is -0.474 e. The van der Waals surface area contributed by atoms with Gasteiger partial charge in [0.25, 0.3) is 0 Å². The minimum absolute atomic E-state index is 0.201. The van der Waals surface area contributed by atoms with Crippen LogP contribution >= 0.6 is 0 Å². The SMILES string of the molecule is Cc1nc(Oc2cc(C#N)ccc2-c2ccc(CCN)cc2)cc(OC2CCCC2)n1. The lowest BCUT2D eigenvalue weighted by atomic mass is 10.0. The van der Waals surface area contributed by atoms with Crippen LogP contribution in [0, 0.1) is 18.3 Å². The third kappa shape index (κ3) is 5.19. The van der Waals surface area contributed by atoms with Crippen LogP contribution in [0.15, 0.2) is 48.5 Å². The molecule has 0 unspecified atom stereocenters. The van der Waals surface area contributed by atoms with Crippen LogP contribution in [0.2, 0.25) is 0 Å². The number of rotatable bonds is 7. The van der Waals surface area contributed by atoms with E-state index < -0.39 is 0 Å². The summed E-state index contributed by atoms with van der Waals surface area (Å²) in [6, 6.07) is 17.5. The second-order valence-corrected chi connectivity index (χ2v) is 7.78. The molecule has 6 heteroatoms. The molecule has 2 N–H and O–H groups in total. The number of hydrogen-bond donors (Lipinski definition) is 1. The predicted octanol–water partition coefficient (Wildman–Crippen LogP) is 4.94. The summed E-state index contributed by atoms with van der Waals surface area (Å²) in [7, 11) is 0. The van der Waals surface area contributed by atoms with E-state index >= 15 is 0 Å². The molecule has 0 amide bonds. The number of ether oxygens (including phenoxy) is 2. The Balaban J connectivity index is 1.64. The molecule has 1 aromatic heterocycles. The first-order chi connectivity index (χ1) is 15.1. The van der Waals surface area contributed by atoms with Gasteiger partial charge in [0.2, 0.25) is 11.8 Å². The molecule has 1 saturated carbocycles. The van der Waals surface area contributed by atoms with E-state index in [0.717, 1.165) is 30.4 Å². The lowest BCUT2D eigenvalue weighted by Gasteiger charge is -2.15. The van der Waals surface area contributed by atoms with E-state index in [1.165, 1.54) is 18.4 Å². The standard InChI is InChI=1S/C25H26N4O2/c1-17-28-24(30-21-4-2-3-5-21)15-25(29-17)31-23-14-19(16-27)8-11-22(23)20-9-6-18(7-10-20)12-13-26/h6-11,14-15,21H,2-5,12-13,26H2,1H3. The molecule has 1 aliphatic rings. The number of aromatic nitrogens is 2. The van der Waals surface area contributed by atoms with Crippen LogP contribution in [0.1, 0.15) is 42.6 Å². The first-order valence-corrected chi connectivity index (χ1v) is 10.7. The van der Waals surface area contributed by atoms with Gasteiger partial charge in [0, 0.05) is 5.56 Å². The molecule has 1 aliphatic carbocycles. The molecule has 0 radical (unpaired) electrons. The van der Waals surface area contributed by atoms with E-state index in [1.54, 1.807) is 18.2 Å². The van der Waals surface area contributed by atoms with Crippen LogP contribution in [-0.2, 0) is 6.42 Å². The molecule has 6 nitrogen and oxygen atoms in total. The highest BCUT2D eigenvalue weighted by Crippen LogP contribution is 2.35. The van der Waals surface area contributed by atoms with Gasteiger partial charge in [-0.1, -0.05) is 24.3 Å². The summed E-state index contributed by atoms with van der Waals surface area (Å²) in [5.74, 6) is 2.07. The molecule has 3 aromatic rings. The van der Waals surface area contributed by atoms with Crippen LogP contribution in [0.4, 0.5) is 0 Å². The molecule has 2 aromatic carbocycles. The quantitative estimate of drug-likeness (QED) is 0.588. The average Bonchev–Trinajstić information content (AvgIpc) is 3.27. The molecule has 0 atom stereocenters. The van der Waals surface area contributed by atoms with Crippen molar-refractivity contribution in [3.63, 3.8) is 0 Å². The smallest absolute Gasteiger partial charge is 0.226 e. The fourth-order valence-corrected chi connectivity index (χ4v) is 3.85. The van der Waals surface area contributed by atoms with E-state index in [9.17, 15) is 5.26 Å². The molecule has 4 rings (SSSR count). The van der Waals surface area contributed by atoms with Crippen molar-refractivity contribution < 1.29 is 9.47 Å². The molecule has 0 bridgehead atoms. The summed E-state index contributed by atoms with van der Waals surface area (Å²) in [6.07, 6.45) is 5.51. The van der Waals surface area contributed by atoms with Gasteiger partial charge in [0.1, 0.15) is 17.7 Å². The van der Waals surface area contributed by atoms with Crippen molar-refractivity contribution in [2.24, 2.45) is 5.73 Å². The Morgan fingerprint density at radius 1 is 1.03 bits per heavy atom. The molecular formula is C25H26N4O2. The fourth-order valence-electron chi connectivity index (χ4n) is 3.85. The normalized spacial score (nSPS) is 13.7. The summed E-state index contributed by atoms with van der Waals surface area (Å²) in [5.41, 5.74) is 9.23. The maximum absolute atomic E-state index is 9.37. The van der Waals surface area contributed by atoms with Gasteiger partial charge < -0.3 is 15.2 Å². The third-order valence-corrected chi connectivity index (χ3v) is 5.40. The van der Waals surface area contributed by atoms with Crippen LogP contribution < -0.4 is 15.2 Å². The summed E-state index contributed by atoms with van der Waals surface area (Å²) in [4.78, 5) is 8.83. The maximum Gasteiger partial charge on any atom is 0.226 e. The van der Waals surface area contributed by atoms with E-state index in [0.29, 0.717) is 35.4 Å². The maximum atomic E-state index is 9.37. The first-order valence-electron chi connectivity index (χ1n) is 10.7. The lowest BCUT2D eigenvalue weighted by molar-refractivity contribution is 0.199. The largest absolute Gasteiger partial charge is 0.474 e. The van der Waals surface area contributed by atoms with E-state index in [-0.39, 0.29) is 6.10 Å². The lowest BCUT2D eigenvalue weighted by Crippen LogP contribution is -2.12. The highest BCUT2D eigenvalue weighted by molar-refractivity contribution is 5.72. The van der Waals surface area contributed by atoms with Crippen LogP contribution in [0.25, 0.3) is 11.1 Å². The molecule has 0 aliphatic heterocycles. The number of nitrogens with zero attached hydrogens (tertiary/aromatic N) is 3. The van der Waals surface area contributed by atoms with Gasteiger partial charge in [-0.2, -0.15) is 15.2 Å². The van der Waals surface area contributed by atoms with Crippen LogP contribution in [-0.4, -0.2) is 22.6 Å². The monoisotopic (exact) mass is 414 g/mol. The van der Waals surface area contributed by atoms with E-state index in [2.05, 4.69) is 28.2 Å². The van der Waals surface area contributed by atoms with E-state index in [4.69, 9.17) is 15.2 Å². The number of benzene rings is 2. The Morgan fingerprint density at radius 2 is 1.77 bits per heavy atom. The molecule has 0 saturated heterocycles. The predicted molar refractivity (Wildman–Crippen MR) is 119 cm³/mol. The highest BCUT2D eigenvalue weighted by atomic mass is 16.5. The summed E-state index contributed by atoms with van der Waals surface area (Å²) in [5, 5.41) is 9.37. The Morgan fingerprint density at radius 3 is 2.48 bits per heavy atom. The van der Waals surface area contributed by atoms with Crippen molar-refractivity contribution >= 4 is 0 Å². The zero-order valence-corrected chi connectivity index (χ0v) is 17.7. The van der Waals surface area contributed by atoms with Gasteiger partial charge in [-0.15, -0.1) is 0 Å². The van der Waals surface area contributed by atoms with Gasteiger partial charge in [-0.25, -0.2) is 0 Å². The molecular weight excluding hydrogens is 388 g/mol. The highest BCUT2D eigenvalue weighted by Gasteiger charge is 2.18. The summed E-state index contributed by atoms with van der Waals surface area (Å²) < 4.78 is 12.2. The number of aryl methyl sites for hydroxylation is 1. The van der Waals surface area contributed by atoms with Crippen molar-refractivity contribution in [3.8, 4) is 34.7 Å². The number of nitriles is 1. The summed E-state index contributed by atoms with van der Waals surface area (Å²) in [6.45, 7) is 2.43. The van der Waals surface area contributed by atoms with Gasteiger partial charge >= 0.3 is 0 Å². The van der Waals surface area contributed by atoms with Gasteiger partial charge in [-0.05, 0) is 74.9 Å².